The number of rotatable bonds is 2. The van der Waals surface area contributed by atoms with Gasteiger partial charge < -0.3 is 5.32 Å². The molecule has 0 aliphatic heterocycles. The minimum Gasteiger partial charge on any atom is -0.350 e. The number of alkyl halides is 1. The van der Waals surface area contributed by atoms with E-state index in [-0.39, 0.29) is 11.4 Å². The highest BCUT2D eigenvalue weighted by molar-refractivity contribution is 6.30. The van der Waals surface area contributed by atoms with Crippen molar-refractivity contribution in [2.45, 2.75) is 44.0 Å². The smallest absolute Gasteiger partial charge is 0.238 e. The molecule has 0 spiro atoms. The molecule has 0 heterocycles. The Hall–Kier alpha value is -0.240. The molecule has 0 aromatic heterocycles. The lowest BCUT2D eigenvalue weighted by Gasteiger charge is -2.39. The summed E-state index contributed by atoms with van der Waals surface area (Å²) in [6.07, 6.45) is 3.39. The molecule has 1 N–H and O–H groups in total. The van der Waals surface area contributed by atoms with E-state index in [9.17, 15) is 4.79 Å². The van der Waals surface area contributed by atoms with Gasteiger partial charge in [0.05, 0.1) is 0 Å². The summed E-state index contributed by atoms with van der Waals surface area (Å²) in [5, 5.41) is 2.51. The van der Waals surface area contributed by atoms with Crippen molar-refractivity contribution in [2.24, 2.45) is 0 Å². The molecular formula is C8H14ClNO. The monoisotopic (exact) mass is 175 g/mol. The van der Waals surface area contributed by atoms with Crippen molar-refractivity contribution in [3.8, 4) is 0 Å². The largest absolute Gasteiger partial charge is 0.350 e. The maximum atomic E-state index is 11.1. The molecule has 0 aromatic carbocycles. The summed E-state index contributed by atoms with van der Waals surface area (Å²) in [6, 6.07) is 0. The number of carbonyl (C=O) groups excluding carboxylic acids is 1. The summed E-state index contributed by atoms with van der Waals surface area (Å²) >= 11 is 5.60. The molecule has 0 bridgehead atoms. The maximum absolute atomic E-state index is 11.1. The molecule has 0 saturated heterocycles. The number of carbonyl (C=O) groups is 1. The van der Waals surface area contributed by atoms with Crippen LogP contribution in [0.5, 0.6) is 0 Å². The Morgan fingerprint density at radius 3 is 2.45 bits per heavy atom. The van der Waals surface area contributed by atoms with Gasteiger partial charge in [-0.2, -0.15) is 0 Å². The van der Waals surface area contributed by atoms with Crippen molar-refractivity contribution in [3.63, 3.8) is 0 Å². The topological polar surface area (TPSA) is 29.1 Å². The zero-order chi connectivity index (χ0) is 8.48. The van der Waals surface area contributed by atoms with Crippen molar-refractivity contribution < 1.29 is 4.79 Å². The third kappa shape index (κ3) is 2.09. The summed E-state index contributed by atoms with van der Waals surface area (Å²) in [7, 11) is 0. The molecular weight excluding hydrogens is 162 g/mol. The van der Waals surface area contributed by atoms with Crippen LogP contribution in [0, 0.1) is 0 Å². The number of hydrogen-bond acceptors (Lipinski definition) is 1. The lowest BCUT2D eigenvalue weighted by Crippen LogP contribution is -2.52. The lowest BCUT2D eigenvalue weighted by molar-refractivity contribution is -0.123. The molecule has 1 atom stereocenters. The second-order valence-corrected chi connectivity index (χ2v) is 4.17. The van der Waals surface area contributed by atoms with Crippen LogP contribution in [-0.2, 0) is 4.79 Å². The molecule has 1 amide bonds. The fraction of sp³-hybridized carbons (Fsp3) is 0.875. The number of nitrogens with one attached hydrogen (secondary N) is 1. The third-order valence-electron chi connectivity index (χ3n) is 2.24. The highest BCUT2D eigenvalue weighted by Crippen LogP contribution is 2.30. The lowest BCUT2D eigenvalue weighted by atomic mass is 9.78. The highest BCUT2D eigenvalue weighted by atomic mass is 35.5. The molecule has 1 rings (SSSR count). The van der Waals surface area contributed by atoms with Gasteiger partial charge in [0.15, 0.2) is 0 Å². The van der Waals surface area contributed by atoms with Crippen LogP contribution in [0.4, 0.5) is 0 Å². The summed E-state index contributed by atoms with van der Waals surface area (Å²) in [4.78, 5) is 11.1. The molecule has 1 fully saturated rings. The first kappa shape index (κ1) is 8.85. The standard InChI is InChI=1S/C8H14ClNO/c1-6(9)7(11)10-8(2)4-3-5-8/h6H,3-5H2,1-2H3,(H,10,11). The van der Waals surface area contributed by atoms with Gasteiger partial charge in [-0.15, -0.1) is 11.6 Å². The minimum atomic E-state index is -0.410. The van der Waals surface area contributed by atoms with Gasteiger partial charge in [-0.1, -0.05) is 0 Å². The van der Waals surface area contributed by atoms with Crippen LogP contribution in [0.25, 0.3) is 0 Å². The molecule has 2 nitrogen and oxygen atoms in total. The fourth-order valence-electron chi connectivity index (χ4n) is 1.23. The van der Waals surface area contributed by atoms with E-state index in [1.54, 1.807) is 6.92 Å². The van der Waals surface area contributed by atoms with Gasteiger partial charge in [0.2, 0.25) is 5.91 Å². The van der Waals surface area contributed by atoms with Gasteiger partial charge in [0.1, 0.15) is 5.38 Å². The third-order valence-corrected chi connectivity index (χ3v) is 2.44. The molecule has 0 aromatic rings. The van der Waals surface area contributed by atoms with Gasteiger partial charge in [0.25, 0.3) is 0 Å². The summed E-state index contributed by atoms with van der Waals surface area (Å²) in [5.74, 6) is -0.0473. The van der Waals surface area contributed by atoms with E-state index >= 15 is 0 Å². The van der Waals surface area contributed by atoms with Gasteiger partial charge in [-0.25, -0.2) is 0 Å². The Morgan fingerprint density at radius 1 is 1.64 bits per heavy atom. The molecule has 1 saturated carbocycles. The Morgan fingerprint density at radius 2 is 2.18 bits per heavy atom. The van der Waals surface area contributed by atoms with Crippen LogP contribution in [0.3, 0.4) is 0 Å². The summed E-state index contributed by atoms with van der Waals surface area (Å²) in [6.45, 7) is 3.76. The molecule has 0 radical (unpaired) electrons. The van der Waals surface area contributed by atoms with Crippen LogP contribution in [0.15, 0.2) is 0 Å². The molecule has 3 heteroatoms. The summed E-state index contributed by atoms with van der Waals surface area (Å²) < 4.78 is 0. The average Bonchev–Trinajstić information content (AvgIpc) is 1.84. The highest BCUT2D eigenvalue weighted by Gasteiger charge is 2.33. The van der Waals surface area contributed by atoms with Crippen LogP contribution < -0.4 is 5.32 Å². The predicted molar refractivity (Wildman–Crippen MR) is 45.7 cm³/mol. The van der Waals surface area contributed by atoms with Crippen molar-refractivity contribution in [2.75, 3.05) is 0 Å². The fourth-order valence-corrected chi connectivity index (χ4v) is 1.28. The first-order valence-electron chi connectivity index (χ1n) is 4.00. The van der Waals surface area contributed by atoms with E-state index < -0.39 is 5.38 Å². The predicted octanol–water partition coefficient (Wildman–Crippen LogP) is 1.67. The van der Waals surface area contributed by atoms with Crippen LogP contribution >= 0.6 is 11.6 Å². The van der Waals surface area contributed by atoms with E-state index in [1.807, 2.05) is 0 Å². The van der Waals surface area contributed by atoms with Gasteiger partial charge in [0, 0.05) is 5.54 Å². The van der Waals surface area contributed by atoms with Gasteiger partial charge >= 0.3 is 0 Å². The molecule has 64 valence electrons. The van der Waals surface area contributed by atoms with Crippen molar-refractivity contribution in [1.82, 2.24) is 5.32 Å². The number of hydrogen-bond donors (Lipinski definition) is 1. The summed E-state index contributed by atoms with van der Waals surface area (Å²) in [5.41, 5.74) is 0.0419. The maximum Gasteiger partial charge on any atom is 0.238 e. The quantitative estimate of drug-likeness (QED) is 0.636. The number of halogens is 1. The van der Waals surface area contributed by atoms with Crippen LogP contribution in [0.2, 0.25) is 0 Å². The van der Waals surface area contributed by atoms with Crippen LogP contribution in [-0.4, -0.2) is 16.8 Å². The Labute approximate surface area is 72.3 Å². The normalized spacial score (nSPS) is 23.5. The molecule has 11 heavy (non-hydrogen) atoms. The van der Waals surface area contributed by atoms with E-state index in [2.05, 4.69) is 12.2 Å². The van der Waals surface area contributed by atoms with Crippen LogP contribution in [0.1, 0.15) is 33.1 Å². The zero-order valence-electron chi connectivity index (χ0n) is 6.98. The minimum absolute atomic E-state index is 0.0419. The van der Waals surface area contributed by atoms with E-state index in [0.717, 1.165) is 12.8 Å². The molecule has 1 aliphatic rings. The molecule has 1 unspecified atom stereocenters. The molecule has 1 aliphatic carbocycles. The Kier molecular flexibility index (Phi) is 2.43. The SMILES string of the molecule is CC(Cl)C(=O)NC1(C)CCC1. The first-order chi connectivity index (χ1) is 5.03. The van der Waals surface area contributed by atoms with E-state index in [4.69, 9.17) is 11.6 Å². The second kappa shape index (κ2) is 3.02. The average molecular weight is 176 g/mol. The van der Waals surface area contributed by atoms with Gasteiger partial charge in [-0.05, 0) is 33.1 Å². The second-order valence-electron chi connectivity index (χ2n) is 3.52. The Balaban J connectivity index is 2.35. The van der Waals surface area contributed by atoms with E-state index in [1.165, 1.54) is 6.42 Å². The van der Waals surface area contributed by atoms with E-state index in [0.29, 0.717) is 0 Å². The number of amides is 1. The van der Waals surface area contributed by atoms with Crippen molar-refractivity contribution in [1.29, 1.82) is 0 Å². The van der Waals surface area contributed by atoms with Gasteiger partial charge in [-0.3, -0.25) is 4.79 Å². The zero-order valence-corrected chi connectivity index (χ0v) is 7.74. The first-order valence-corrected chi connectivity index (χ1v) is 4.43. The van der Waals surface area contributed by atoms with Crippen molar-refractivity contribution in [3.05, 3.63) is 0 Å². The van der Waals surface area contributed by atoms with Crippen molar-refractivity contribution >= 4 is 17.5 Å². The Bertz CT molecular complexity index is 163.